The second kappa shape index (κ2) is 12.2. The highest BCUT2D eigenvalue weighted by molar-refractivity contribution is 9.10. The highest BCUT2D eigenvalue weighted by atomic mass is 79.9. The second-order valence-corrected chi connectivity index (χ2v) is 8.68. The van der Waals surface area contributed by atoms with Crippen molar-refractivity contribution in [1.82, 2.24) is 14.7 Å². The normalized spacial score (nSPS) is 14.5. The fourth-order valence-corrected chi connectivity index (χ4v) is 4.22. The third-order valence-electron chi connectivity index (χ3n) is 4.77. The van der Waals surface area contributed by atoms with Gasteiger partial charge >= 0.3 is 0 Å². The van der Waals surface area contributed by atoms with Gasteiger partial charge in [0.25, 0.3) is 0 Å². The Hall–Kier alpha value is -1.58. The van der Waals surface area contributed by atoms with E-state index in [-0.39, 0.29) is 29.2 Å². The maximum Gasteiger partial charge on any atom is 0.236 e. The lowest BCUT2D eigenvalue weighted by Gasteiger charge is -2.35. The number of piperazine rings is 1. The number of thioether (sulfide) groups is 1. The number of nitrogens with zero attached hydrogens (tertiary/aromatic N) is 3. The SMILES string of the molecule is CCN(CC)C(=O)CN1CCN(C(=O)CSCC(=O)Nc2cccc(Br)c2)CC1. The third kappa shape index (κ3) is 7.98. The Morgan fingerprint density at radius 1 is 1.10 bits per heavy atom. The molecule has 0 aromatic heterocycles. The standard InChI is InChI=1S/C20H29BrN4O3S/c1-3-24(4-2)19(27)13-23-8-10-25(11-9-23)20(28)15-29-14-18(26)22-17-7-5-6-16(21)12-17/h5-7,12H,3-4,8-11,13-15H2,1-2H3,(H,22,26). The molecule has 1 aliphatic heterocycles. The number of amides is 3. The average molecular weight is 485 g/mol. The minimum Gasteiger partial charge on any atom is -0.342 e. The number of anilines is 1. The fourth-order valence-electron chi connectivity index (χ4n) is 3.11. The molecule has 0 aliphatic carbocycles. The summed E-state index contributed by atoms with van der Waals surface area (Å²) < 4.78 is 0.899. The number of likely N-dealkylation sites (N-methyl/N-ethyl adjacent to an activating group) is 1. The van der Waals surface area contributed by atoms with E-state index in [1.165, 1.54) is 11.8 Å². The lowest BCUT2D eigenvalue weighted by molar-refractivity contribution is -0.133. The Balaban J connectivity index is 1.65. The molecule has 1 fully saturated rings. The van der Waals surface area contributed by atoms with Crippen molar-refractivity contribution >= 4 is 51.1 Å². The van der Waals surface area contributed by atoms with Gasteiger partial charge in [0.2, 0.25) is 17.7 Å². The van der Waals surface area contributed by atoms with Crippen molar-refractivity contribution in [2.75, 3.05) is 62.6 Å². The van der Waals surface area contributed by atoms with E-state index < -0.39 is 0 Å². The number of hydrogen-bond acceptors (Lipinski definition) is 5. The van der Waals surface area contributed by atoms with E-state index in [2.05, 4.69) is 26.1 Å². The van der Waals surface area contributed by atoms with Crippen LogP contribution < -0.4 is 5.32 Å². The Bertz CT molecular complexity index is 707. The van der Waals surface area contributed by atoms with Crippen LogP contribution in [0.4, 0.5) is 5.69 Å². The summed E-state index contributed by atoms with van der Waals surface area (Å²) in [5.41, 5.74) is 0.728. The van der Waals surface area contributed by atoms with Gasteiger partial charge in [0.15, 0.2) is 0 Å². The lowest BCUT2D eigenvalue weighted by Crippen LogP contribution is -2.52. The number of nitrogens with one attached hydrogen (secondary N) is 1. The van der Waals surface area contributed by atoms with Crippen molar-refractivity contribution in [3.8, 4) is 0 Å². The quantitative estimate of drug-likeness (QED) is 0.581. The molecule has 160 valence electrons. The first-order valence-corrected chi connectivity index (χ1v) is 11.8. The Kier molecular flexibility index (Phi) is 9.96. The Morgan fingerprint density at radius 3 is 2.41 bits per heavy atom. The molecule has 0 atom stereocenters. The molecule has 1 aromatic rings. The largest absolute Gasteiger partial charge is 0.342 e. The van der Waals surface area contributed by atoms with Crippen molar-refractivity contribution in [3.05, 3.63) is 28.7 Å². The lowest BCUT2D eigenvalue weighted by atomic mass is 10.3. The summed E-state index contributed by atoms with van der Waals surface area (Å²) in [6, 6.07) is 7.40. The first-order valence-electron chi connectivity index (χ1n) is 9.84. The molecular weight excluding hydrogens is 456 g/mol. The summed E-state index contributed by atoms with van der Waals surface area (Å²) in [6.45, 7) is 8.46. The zero-order valence-corrected chi connectivity index (χ0v) is 19.4. The zero-order valence-electron chi connectivity index (χ0n) is 17.0. The predicted molar refractivity (Wildman–Crippen MR) is 121 cm³/mol. The van der Waals surface area contributed by atoms with E-state index >= 15 is 0 Å². The van der Waals surface area contributed by atoms with Crippen LogP contribution in [0.3, 0.4) is 0 Å². The van der Waals surface area contributed by atoms with Crippen molar-refractivity contribution in [1.29, 1.82) is 0 Å². The van der Waals surface area contributed by atoms with Gasteiger partial charge in [-0.25, -0.2) is 0 Å². The summed E-state index contributed by atoms with van der Waals surface area (Å²) in [5.74, 6) is 0.573. The van der Waals surface area contributed by atoms with Gasteiger partial charge in [-0.3, -0.25) is 19.3 Å². The van der Waals surface area contributed by atoms with Crippen LogP contribution in [0.25, 0.3) is 0 Å². The van der Waals surface area contributed by atoms with E-state index in [1.54, 1.807) is 0 Å². The van der Waals surface area contributed by atoms with Crippen LogP contribution in [-0.4, -0.2) is 89.7 Å². The number of hydrogen-bond donors (Lipinski definition) is 1. The molecule has 0 unspecified atom stereocenters. The fraction of sp³-hybridized carbons (Fsp3) is 0.550. The van der Waals surface area contributed by atoms with E-state index in [4.69, 9.17) is 0 Å². The van der Waals surface area contributed by atoms with Gasteiger partial charge in [-0.2, -0.15) is 0 Å². The maximum atomic E-state index is 12.4. The first kappa shape index (κ1) is 23.7. The number of carbonyl (C=O) groups excluding carboxylic acids is 3. The smallest absolute Gasteiger partial charge is 0.236 e. The van der Waals surface area contributed by atoms with Crippen molar-refractivity contribution < 1.29 is 14.4 Å². The Labute approximate surface area is 185 Å². The molecule has 1 saturated heterocycles. The molecule has 1 aromatic carbocycles. The molecule has 0 bridgehead atoms. The van der Waals surface area contributed by atoms with Gasteiger partial charge in [-0.15, -0.1) is 11.8 Å². The maximum absolute atomic E-state index is 12.4. The molecule has 9 heteroatoms. The van der Waals surface area contributed by atoms with E-state index in [9.17, 15) is 14.4 Å². The van der Waals surface area contributed by atoms with Gasteiger partial charge in [0, 0.05) is 49.4 Å². The molecule has 1 N–H and O–H groups in total. The number of carbonyl (C=O) groups is 3. The summed E-state index contributed by atoms with van der Waals surface area (Å²) in [4.78, 5) is 42.4. The minimum absolute atomic E-state index is 0.0416. The molecule has 7 nitrogen and oxygen atoms in total. The summed E-state index contributed by atoms with van der Waals surface area (Å²) in [6.07, 6.45) is 0. The van der Waals surface area contributed by atoms with E-state index in [1.807, 2.05) is 47.9 Å². The molecule has 0 spiro atoms. The van der Waals surface area contributed by atoms with E-state index in [0.29, 0.717) is 32.7 Å². The molecule has 3 amide bonds. The van der Waals surface area contributed by atoms with Gasteiger partial charge in [-0.05, 0) is 32.0 Å². The Morgan fingerprint density at radius 2 is 1.79 bits per heavy atom. The molecule has 1 heterocycles. The molecule has 1 aliphatic rings. The van der Waals surface area contributed by atoms with Crippen LogP contribution >= 0.6 is 27.7 Å². The van der Waals surface area contributed by atoms with Gasteiger partial charge < -0.3 is 15.1 Å². The second-order valence-electron chi connectivity index (χ2n) is 6.77. The number of benzene rings is 1. The van der Waals surface area contributed by atoms with Crippen LogP contribution in [0.5, 0.6) is 0 Å². The van der Waals surface area contributed by atoms with E-state index in [0.717, 1.165) is 23.2 Å². The molecule has 2 rings (SSSR count). The molecule has 0 radical (unpaired) electrons. The van der Waals surface area contributed by atoms with Crippen molar-refractivity contribution in [2.45, 2.75) is 13.8 Å². The van der Waals surface area contributed by atoms with Crippen LogP contribution in [0, 0.1) is 0 Å². The summed E-state index contributed by atoms with van der Waals surface area (Å²) in [7, 11) is 0. The monoisotopic (exact) mass is 484 g/mol. The first-order chi connectivity index (χ1) is 13.9. The number of rotatable bonds is 9. The molecule has 29 heavy (non-hydrogen) atoms. The van der Waals surface area contributed by atoms with Gasteiger partial charge in [0.05, 0.1) is 18.1 Å². The van der Waals surface area contributed by atoms with Crippen LogP contribution in [0.1, 0.15) is 13.8 Å². The van der Waals surface area contributed by atoms with Crippen LogP contribution in [-0.2, 0) is 14.4 Å². The zero-order chi connectivity index (χ0) is 21.2. The van der Waals surface area contributed by atoms with Gasteiger partial charge in [-0.1, -0.05) is 22.0 Å². The molecular formula is C20H29BrN4O3S. The minimum atomic E-state index is -0.124. The van der Waals surface area contributed by atoms with Crippen molar-refractivity contribution in [3.63, 3.8) is 0 Å². The van der Waals surface area contributed by atoms with Crippen LogP contribution in [0.15, 0.2) is 28.7 Å². The van der Waals surface area contributed by atoms with Crippen LogP contribution in [0.2, 0.25) is 0 Å². The summed E-state index contributed by atoms with van der Waals surface area (Å²) >= 11 is 4.69. The number of halogens is 1. The predicted octanol–water partition coefficient (Wildman–Crippen LogP) is 2.13. The van der Waals surface area contributed by atoms with Gasteiger partial charge in [0.1, 0.15) is 0 Å². The topological polar surface area (TPSA) is 73.0 Å². The third-order valence-corrected chi connectivity index (χ3v) is 6.18. The average Bonchev–Trinajstić information content (AvgIpc) is 2.69. The highest BCUT2D eigenvalue weighted by Crippen LogP contribution is 2.16. The van der Waals surface area contributed by atoms with Crippen molar-refractivity contribution in [2.24, 2.45) is 0 Å². The summed E-state index contributed by atoms with van der Waals surface area (Å²) in [5, 5.41) is 2.82. The highest BCUT2D eigenvalue weighted by Gasteiger charge is 2.23. The molecule has 0 saturated carbocycles.